The van der Waals surface area contributed by atoms with Gasteiger partial charge in [-0.05, 0) is 40.2 Å². The van der Waals surface area contributed by atoms with E-state index < -0.39 is 0 Å². The second-order valence-corrected chi connectivity index (χ2v) is 4.54. The molecule has 0 unspecified atom stereocenters. The average molecular weight is 289 g/mol. The average Bonchev–Trinajstić information content (AvgIpc) is 2.74. The molecule has 0 fully saturated rings. The Balaban J connectivity index is 2.21. The Labute approximate surface area is 106 Å². The summed E-state index contributed by atoms with van der Waals surface area (Å²) < 4.78 is 0.838. The number of nitrogens with zero attached hydrogens (tertiary/aromatic N) is 3. The Morgan fingerprint density at radius 1 is 1.00 bits per heavy atom. The lowest BCUT2D eigenvalue weighted by atomic mass is 10.3. The van der Waals surface area contributed by atoms with E-state index >= 15 is 0 Å². The highest BCUT2D eigenvalue weighted by Crippen LogP contribution is 2.24. The summed E-state index contributed by atoms with van der Waals surface area (Å²) in [4.78, 5) is 1.61. The van der Waals surface area contributed by atoms with Gasteiger partial charge < -0.3 is 5.73 Å². The fourth-order valence-electron chi connectivity index (χ4n) is 1.63. The van der Waals surface area contributed by atoms with Gasteiger partial charge in [0, 0.05) is 10.2 Å². The second kappa shape index (κ2) is 3.85. The molecule has 0 aliphatic rings. The summed E-state index contributed by atoms with van der Waals surface area (Å²) in [7, 11) is 0. The second-order valence-electron chi connectivity index (χ2n) is 3.69. The van der Waals surface area contributed by atoms with Gasteiger partial charge in [0.25, 0.3) is 0 Å². The number of aromatic nitrogens is 3. The monoisotopic (exact) mass is 288 g/mol. The Bertz CT molecular complexity index is 637. The zero-order valence-corrected chi connectivity index (χ0v) is 10.4. The summed E-state index contributed by atoms with van der Waals surface area (Å²) in [6.07, 6.45) is 0. The van der Waals surface area contributed by atoms with Gasteiger partial charge >= 0.3 is 0 Å². The Hall–Kier alpha value is -1.88. The van der Waals surface area contributed by atoms with Crippen LogP contribution in [0.25, 0.3) is 16.7 Å². The molecule has 17 heavy (non-hydrogen) atoms. The molecule has 4 nitrogen and oxygen atoms in total. The van der Waals surface area contributed by atoms with Gasteiger partial charge in [-0.15, -0.1) is 10.2 Å². The molecule has 1 heterocycles. The molecule has 0 saturated carbocycles. The van der Waals surface area contributed by atoms with Crippen LogP contribution in [0.1, 0.15) is 0 Å². The van der Waals surface area contributed by atoms with Crippen molar-refractivity contribution in [3.8, 4) is 5.69 Å². The van der Waals surface area contributed by atoms with E-state index in [2.05, 4.69) is 26.1 Å². The lowest BCUT2D eigenvalue weighted by Crippen LogP contribution is -1.97. The summed E-state index contributed by atoms with van der Waals surface area (Å²) in [5, 5.41) is 8.79. The molecule has 0 radical (unpaired) electrons. The smallest absolute Gasteiger partial charge is 0.115 e. The molecule has 0 amide bonds. The van der Waals surface area contributed by atoms with Crippen molar-refractivity contribution >= 4 is 32.7 Å². The fraction of sp³-hybridized carbons (Fsp3) is 0. The number of anilines is 1. The van der Waals surface area contributed by atoms with Crippen LogP contribution in [0.2, 0.25) is 0 Å². The third-order valence-electron chi connectivity index (χ3n) is 2.49. The van der Waals surface area contributed by atoms with Gasteiger partial charge in [-0.25, -0.2) is 0 Å². The van der Waals surface area contributed by atoms with Crippen LogP contribution in [-0.2, 0) is 0 Å². The molecule has 0 saturated heterocycles. The van der Waals surface area contributed by atoms with E-state index in [4.69, 9.17) is 5.73 Å². The molecule has 84 valence electrons. The van der Waals surface area contributed by atoms with Crippen LogP contribution in [0.3, 0.4) is 0 Å². The predicted molar refractivity (Wildman–Crippen MR) is 71.0 cm³/mol. The van der Waals surface area contributed by atoms with Crippen molar-refractivity contribution in [2.24, 2.45) is 0 Å². The van der Waals surface area contributed by atoms with E-state index in [-0.39, 0.29) is 0 Å². The summed E-state index contributed by atoms with van der Waals surface area (Å²) >= 11 is 3.38. The largest absolute Gasteiger partial charge is 0.398 e. The Morgan fingerprint density at radius 3 is 2.35 bits per heavy atom. The first-order chi connectivity index (χ1) is 8.24. The van der Waals surface area contributed by atoms with Crippen LogP contribution in [0.4, 0.5) is 5.69 Å². The van der Waals surface area contributed by atoms with Crippen LogP contribution in [0.15, 0.2) is 46.9 Å². The minimum Gasteiger partial charge on any atom is -0.398 e. The molecule has 5 heteroatoms. The van der Waals surface area contributed by atoms with Gasteiger partial charge in [0.2, 0.25) is 0 Å². The summed E-state index contributed by atoms with van der Waals surface area (Å²) in [6, 6.07) is 13.5. The molecule has 0 atom stereocenters. The van der Waals surface area contributed by atoms with Crippen molar-refractivity contribution < 1.29 is 0 Å². The van der Waals surface area contributed by atoms with Gasteiger partial charge in [-0.1, -0.05) is 18.2 Å². The Kier molecular flexibility index (Phi) is 2.33. The van der Waals surface area contributed by atoms with Crippen LogP contribution in [0.5, 0.6) is 0 Å². The highest BCUT2D eigenvalue weighted by atomic mass is 79.9. The number of fused-ring (bicyclic) bond motifs is 1. The number of hydrogen-bond donors (Lipinski definition) is 1. The van der Waals surface area contributed by atoms with E-state index in [0.29, 0.717) is 5.69 Å². The first-order valence-electron chi connectivity index (χ1n) is 5.11. The lowest BCUT2D eigenvalue weighted by molar-refractivity contribution is 0.766. The number of nitrogen functional groups attached to an aromatic ring is 1. The van der Waals surface area contributed by atoms with Crippen LogP contribution in [0, 0.1) is 0 Å². The molecule has 0 aliphatic carbocycles. The van der Waals surface area contributed by atoms with Gasteiger partial charge in [-0.2, -0.15) is 4.80 Å². The number of nitrogens with two attached hydrogens (primary N) is 1. The molecule has 2 N–H and O–H groups in total. The highest BCUT2D eigenvalue weighted by Gasteiger charge is 2.06. The molecular formula is C12H9BrN4. The molecule has 1 aromatic heterocycles. The van der Waals surface area contributed by atoms with Crippen molar-refractivity contribution in [1.82, 2.24) is 15.0 Å². The number of rotatable bonds is 1. The van der Waals surface area contributed by atoms with E-state index in [1.165, 1.54) is 0 Å². The minimum absolute atomic E-state index is 0.664. The van der Waals surface area contributed by atoms with Gasteiger partial charge in [0.15, 0.2) is 0 Å². The maximum absolute atomic E-state index is 5.81. The van der Waals surface area contributed by atoms with Crippen molar-refractivity contribution in [3.05, 3.63) is 46.9 Å². The molecule has 0 spiro atoms. The van der Waals surface area contributed by atoms with Crippen molar-refractivity contribution in [3.63, 3.8) is 0 Å². The molecule has 0 aliphatic heterocycles. The number of hydrogen-bond acceptors (Lipinski definition) is 3. The standard InChI is InChI=1S/C12H9BrN4/c13-9-6-11-12(7-10(9)14)16-17(15-11)8-4-2-1-3-5-8/h1-7H,14H2. The first-order valence-corrected chi connectivity index (χ1v) is 5.91. The van der Waals surface area contributed by atoms with Gasteiger partial charge in [0.05, 0.1) is 5.69 Å². The zero-order chi connectivity index (χ0) is 11.8. The highest BCUT2D eigenvalue weighted by molar-refractivity contribution is 9.10. The van der Waals surface area contributed by atoms with Gasteiger partial charge in [0.1, 0.15) is 11.0 Å². The van der Waals surface area contributed by atoms with Gasteiger partial charge in [-0.3, -0.25) is 0 Å². The number of halogens is 1. The maximum Gasteiger partial charge on any atom is 0.115 e. The van der Waals surface area contributed by atoms with E-state index in [1.54, 1.807) is 4.80 Å². The van der Waals surface area contributed by atoms with E-state index in [1.807, 2.05) is 42.5 Å². The lowest BCUT2D eigenvalue weighted by Gasteiger charge is -1.96. The first kappa shape index (κ1) is 10.3. The van der Waals surface area contributed by atoms with E-state index in [0.717, 1.165) is 21.2 Å². The van der Waals surface area contributed by atoms with Crippen molar-refractivity contribution in [1.29, 1.82) is 0 Å². The Morgan fingerprint density at radius 2 is 1.65 bits per heavy atom. The van der Waals surface area contributed by atoms with Crippen molar-refractivity contribution in [2.75, 3.05) is 5.73 Å². The SMILES string of the molecule is Nc1cc2nn(-c3ccccc3)nc2cc1Br. The zero-order valence-electron chi connectivity index (χ0n) is 8.84. The molecular weight excluding hydrogens is 280 g/mol. The summed E-state index contributed by atoms with van der Waals surface area (Å²) in [5.41, 5.74) is 9.00. The predicted octanol–water partition coefficient (Wildman–Crippen LogP) is 2.77. The summed E-state index contributed by atoms with van der Waals surface area (Å²) in [6.45, 7) is 0. The van der Waals surface area contributed by atoms with Crippen LogP contribution >= 0.6 is 15.9 Å². The minimum atomic E-state index is 0.664. The molecule has 3 aromatic rings. The fourth-order valence-corrected chi connectivity index (χ4v) is 1.96. The van der Waals surface area contributed by atoms with Crippen LogP contribution in [-0.4, -0.2) is 15.0 Å². The molecule has 2 aromatic carbocycles. The quantitative estimate of drug-likeness (QED) is 0.701. The van der Waals surface area contributed by atoms with Crippen molar-refractivity contribution in [2.45, 2.75) is 0 Å². The topological polar surface area (TPSA) is 56.7 Å². The van der Waals surface area contributed by atoms with E-state index in [9.17, 15) is 0 Å². The number of benzene rings is 2. The van der Waals surface area contributed by atoms with Crippen LogP contribution < -0.4 is 5.73 Å². The summed E-state index contributed by atoms with van der Waals surface area (Å²) in [5.74, 6) is 0. The molecule has 3 rings (SSSR count). The molecule has 0 bridgehead atoms. The maximum atomic E-state index is 5.81. The normalized spacial score (nSPS) is 10.9. The number of para-hydroxylation sites is 1. The third-order valence-corrected chi connectivity index (χ3v) is 3.17. The third kappa shape index (κ3) is 1.78.